The molecule has 0 bridgehead atoms. The first-order valence-corrected chi connectivity index (χ1v) is 11.6. The van der Waals surface area contributed by atoms with Crippen molar-refractivity contribution in [2.45, 2.75) is 38.2 Å². The lowest BCUT2D eigenvalue weighted by Gasteiger charge is -2.27. The van der Waals surface area contributed by atoms with Crippen LogP contribution in [0.3, 0.4) is 0 Å². The number of pyridine rings is 1. The molecule has 0 spiro atoms. The molecule has 3 aromatic rings. The number of aryl methyl sites for hydroxylation is 1. The molecule has 5 rings (SSSR count). The minimum atomic E-state index is -3.13. The van der Waals surface area contributed by atoms with Crippen LogP contribution in [-0.4, -0.2) is 46.2 Å². The van der Waals surface area contributed by atoms with Crippen molar-refractivity contribution < 1.29 is 13.5 Å². The van der Waals surface area contributed by atoms with Crippen LogP contribution in [0.2, 0.25) is 5.02 Å². The van der Waals surface area contributed by atoms with Crippen LogP contribution in [0, 0.1) is 0 Å². The Hall–Kier alpha value is -3.14. The van der Waals surface area contributed by atoms with Crippen molar-refractivity contribution in [3.63, 3.8) is 0 Å². The van der Waals surface area contributed by atoms with E-state index in [1.807, 2.05) is 0 Å². The second-order valence-electron chi connectivity index (χ2n) is 8.76. The largest absolute Gasteiger partial charge is 0.480 e. The molecule has 2 N–H and O–H groups in total. The fourth-order valence-corrected chi connectivity index (χ4v) is 4.46. The Morgan fingerprint density at radius 1 is 1.26 bits per heavy atom. The lowest BCUT2D eigenvalue weighted by molar-refractivity contribution is -0.0487. The molecular formula is C23H25ClF2N6O2. The normalized spacial score (nSPS) is 19.7. The van der Waals surface area contributed by atoms with Gasteiger partial charge in [-0.05, 0) is 44.4 Å². The van der Waals surface area contributed by atoms with Crippen molar-refractivity contribution in [1.29, 1.82) is 0 Å². The number of nitrogens with zero attached hydrogens (tertiary/aromatic N) is 4. The number of fused-ring (bicyclic) bond motifs is 3. The SMILES string of the molecule is C[C@@H]1Nc2c(c(=O)n(C)c3ccc(Nc4nc(N5CCCCC5)ncc4Cl)cc23)OCC1(F)F. The molecule has 0 amide bonds. The molecule has 0 unspecified atom stereocenters. The summed E-state index contributed by atoms with van der Waals surface area (Å²) >= 11 is 6.37. The fraction of sp³-hybridized carbons (Fsp3) is 0.435. The van der Waals surface area contributed by atoms with Gasteiger partial charge in [0, 0.05) is 31.2 Å². The van der Waals surface area contributed by atoms with E-state index < -0.39 is 24.1 Å². The van der Waals surface area contributed by atoms with Gasteiger partial charge in [0.2, 0.25) is 11.7 Å². The number of piperidine rings is 1. The van der Waals surface area contributed by atoms with Gasteiger partial charge in [-0.3, -0.25) is 4.79 Å². The van der Waals surface area contributed by atoms with E-state index in [-0.39, 0.29) is 11.4 Å². The molecule has 1 atom stereocenters. The minimum absolute atomic E-state index is 0.122. The molecule has 1 fully saturated rings. The number of anilines is 4. The standard InChI is InChI=1S/C23H25ClF2N6O2/c1-13-23(25,26)12-34-19-18(28-13)15-10-14(6-7-17(15)31(2)21(19)33)29-20-16(24)11-27-22(30-20)32-8-4-3-5-9-32/h6-7,10-11,13,28H,3-5,8-9,12H2,1-2H3,(H,27,29,30)/t13-/m0/s1. The Balaban J connectivity index is 1.55. The summed E-state index contributed by atoms with van der Waals surface area (Å²) < 4.78 is 35.3. The van der Waals surface area contributed by atoms with Crippen molar-refractivity contribution in [3.05, 3.63) is 39.8 Å². The van der Waals surface area contributed by atoms with Crippen molar-refractivity contribution in [3.8, 4) is 5.75 Å². The lowest BCUT2D eigenvalue weighted by atomic mass is 10.1. The third kappa shape index (κ3) is 4.00. The summed E-state index contributed by atoms with van der Waals surface area (Å²) in [6.45, 7) is 2.28. The first-order valence-electron chi connectivity index (χ1n) is 11.2. The van der Waals surface area contributed by atoms with E-state index in [1.165, 1.54) is 17.9 Å². The number of aromatic nitrogens is 3. The van der Waals surface area contributed by atoms with Crippen LogP contribution in [-0.2, 0) is 7.05 Å². The molecule has 1 aromatic carbocycles. The monoisotopic (exact) mass is 490 g/mol. The Morgan fingerprint density at radius 3 is 2.79 bits per heavy atom. The summed E-state index contributed by atoms with van der Waals surface area (Å²) in [6, 6.07) is 4.07. The first kappa shape index (κ1) is 22.6. The average Bonchev–Trinajstić information content (AvgIpc) is 2.95. The van der Waals surface area contributed by atoms with Gasteiger partial charge in [0.05, 0.1) is 23.4 Å². The number of hydrogen-bond acceptors (Lipinski definition) is 7. The highest BCUT2D eigenvalue weighted by Crippen LogP contribution is 2.38. The van der Waals surface area contributed by atoms with E-state index in [0.29, 0.717) is 33.4 Å². The number of alkyl halides is 2. The van der Waals surface area contributed by atoms with E-state index in [0.717, 1.165) is 25.9 Å². The van der Waals surface area contributed by atoms with Crippen molar-refractivity contribution in [1.82, 2.24) is 14.5 Å². The second-order valence-corrected chi connectivity index (χ2v) is 9.16. The summed E-state index contributed by atoms with van der Waals surface area (Å²) in [6.07, 6.45) is 4.95. The molecule has 0 radical (unpaired) electrons. The van der Waals surface area contributed by atoms with Gasteiger partial charge in [-0.25, -0.2) is 13.8 Å². The Labute approximate surface area is 199 Å². The molecule has 0 aliphatic carbocycles. The smallest absolute Gasteiger partial charge is 0.300 e. The van der Waals surface area contributed by atoms with Gasteiger partial charge >= 0.3 is 5.92 Å². The van der Waals surface area contributed by atoms with E-state index in [1.54, 1.807) is 31.4 Å². The Morgan fingerprint density at radius 2 is 2.03 bits per heavy atom. The highest BCUT2D eigenvalue weighted by molar-refractivity contribution is 6.32. The third-order valence-corrected chi connectivity index (χ3v) is 6.67. The van der Waals surface area contributed by atoms with Gasteiger partial charge in [-0.2, -0.15) is 4.98 Å². The number of ether oxygens (including phenoxy) is 1. The first-order chi connectivity index (χ1) is 16.2. The molecule has 0 saturated carbocycles. The quantitative estimate of drug-likeness (QED) is 0.557. The van der Waals surface area contributed by atoms with Gasteiger partial charge in [0.15, 0.2) is 12.4 Å². The van der Waals surface area contributed by atoms with E-state index in [2.05, 4.69) is 25.5 Å². The number of nitrogens with one attached hydrogen (secondary N) is 2. The van der Waals surface area contributed by atoms with Crippen LogP contribution in [0.25, 0.3) is 10.9 Å². The topological polar surface area (TPSA) is 84.3 Å². The molecule has 2 aliphatic heterocycles. The molecule has 8 nitrogen and oxygen atoms in total. The van der Waals surface area contributed by atoms with E-state index in [4.69, 9.17) is 16.3 Å². The molecule has 4 heterocycles. The molecule has 2 aromatic heterocycles. The number of benzene rings is 1. The molecule has 1 saturated heterocycles. The molecular weight excluding hydrogens is 466 g/mol. The van der Waals surface area contributed by atoms with Crippen LogP contribution in [0.15, 0.2) is 29.2 Å². The van der Waals surface area contributed by atoms with Gasteiger partial charge in [-0.1, -0.05) is 11.6 Å². The van der Waals surface area contributed by atoms with Gasteiger partial charge in [0.25, 0.3) is 5.56 Å². The zero-order valence-electron chi connectivity index (χ0n) is 18.9. The summed E-state index contributed by atoms with van der Waals surface area (Å²) in [5, 5.41) is 6.94. The van der Waals surface area contributed by atoms with Crippen molar-refractivity contribution in [2.24, 2.45) is 7.05 Å². The number of hydrogen-bond donors (Lipinski definition) is 2. The third-order valence-electron chi connectivity index (χ3n) is 6.39. The maximum atomic E-state index is 14.3. The van der Waals surface area contributed by atoms with E-state index >= 15 is 0 Å². The second kappa shape index (κ2) is 8.57. The minimum Gasteiger partial charge on any atom is -0.480 e. The summed E-state index contributed by atoms with van der Waals surface area (Å²) in [5.41, 5.74) is 0.967. The summed E-state index contributed by atoms with van der Waals surface area (Å²) in [7, 11) is 1.58. The fourth-order valence-electron chi connectivity index (χ4n) is 4.32. The van der Waals surface area contributed by atoms with Gasteiger partial charge < -0.3 is 24.8 Å². The van der Waals surface area contributed by atoms with Crippen LogP contribution in [0.1, 0.15) is 26.2 Å². The Kier molecular flexibility index (Phi) is 5.71. The predicted octanol–water partition coefficient (Wildman–Crippen LogP) is 4.54. The van der Waals surface area contributed by atoms with Crippen LogP contribution in [0.4, 0.5) is 31.9 Å². The van der Waals surface area contributed by atoms with Gasteiger partial charge in [0.1, 0.15) is 5.02 Å². The zero-order valence-corrected chi connectivity index (χ0v) is 19.6. The average molecular weight is 491 g/mol. The number of halogens is 3. The number of rotatable bonds is 3. The maximum absolute atomic E-state index is 14.3. The van der Waals surface area contributed by atoms with Crippen molar-refractivity contribution >= 4 is 45.6 Å². The highest BCUT2D eigenvalue weighted by Gasteiger charge is 2.41. The van der Waals surface area contributed by atoms with Crippen molar-refractivity contribution in [2.75, 3.05) is 35.2 Å². The molecule has 180 valence electrons. The zero-order chi connectivity index (χ0) is 24.0. The maximum Gasteiger partial charge on any atom is 0.300 e. The summed E-state index contributed by atoms with van der Waals surface area (Å²) in [4.78, 5) is 23.9. The van der Waals surface area contributed by atoms with Gasteiger partial charge in [-0.15, -0.1) is 0 Å². The van der Waals surface area contributed by atoms with Crippen LogP contribution in [0.5, 0.6) is 5.75 Å². The molecule has 2 aliphatic rings. The van der Waals surface area contributed by atoms with Crippen LogP contribution >= 0.6 is 11.6 Å². The Bertz CT molecular complexity index is 1310. The predicted molar refractivity (Wildman–Crippen MR) is 129 cm³/mol. The summed E-state index contributed by atoms with van der Waals surface area (Å²) in [5.74, 6) is -2.21. The highest BCUT2D eigenvalue weighted by atomic mass is 35.5. The van der Waals surface area contributed by atoms with E-state index in [9.17, 15) is 13.6 Å². The molecule has 11 heteroatoms. The lowest BCUT2D eigenvalue weighted by Crippen LogP contribution is -2.40. The molecule has 34 heavy (non-hydrogen) atoms. The van der Waals surface area contributed by atoms with Crippen LogP contribution < -0.4 is 25.8 Å².